The van der Waals surface area contributed by atoms with Crippen LogP contribution in [0.25, 0.3) is 16.8 Å². The number of nitrogens with one attached hydrogen (secondary N) is 1. The van der Waals surface area contributed by atoms with E-state index in [2.05, 4.69) is 15.3 Å². The Morgan fingerprint density at radius 1 is 1.04 bits per heavy atom. The largest absolute Gasteiger partial charge is 0.346 e. The zero-order valence-electron chi connectivity index (χ0n) is 13.9. The predicted molar refractivity (Wildman–Crippen MR) is 102 cm³/mol. The molecule has 0 saturated heterocycles. The van der Waals surface area contributed by atoms with Crippen LogP contribution < -0.4 is 5.32 Å². The fourth-order valence-corrected chi connectivity index (χ4v) is 3.35. The van der Waals surface area contributed by atoms with E-state index in [1.54, 1.807) is 34.6 Å². The molecule has 3 heterocycles. The van der Waals surface area contributed by atoms with Gasteiger partial charge in [-0.1, -0.05) is 24.3 Å². The van der Waals surface area contributed by atoms with E-state index in [0.29, 0.717) is 12.2 Å². The lowest BCUT2D eigenvalue weighted by Gasteiger charge is -2.10. The van der Waals surface area contributed by atoms with E-state index in [9.17, 15) is 4.79 Å². The second kappa shape index (κ2) is 7.33. The smallest absolute Gasteiger partial charge is 0.270 e. The molecule has 0 radical (unpaired) electrons. The Bertz CT molecular complexity index is 1010. The maximum atomic E-state index is 12.6. The molecule has 3 aromatic heterocycles. The third-order valence-corrected chi connectivity index (χ3v) is 4.87. The van der Waals surface area contributed by atoms with Crippen LogP contribution in [-0.2, 0) is 6.54 Å². The number of carbonyl (C=O) groups is 1. The van der Waals surface area contributed by atoms with Crippen LogP contribution in [0.5, 0.6) is 0 Å². The van der Waals surface area contributed by atoms with E-state index in [1.165, 1.54) is 0 Å². The molecule has 0 aliphatic carbocycles. The molecule has 0 unspecified atom stereocenters. The summed E-state index contributed by atoms with van der Waals surface area (Å²) in [7, 11) is 0. The van der Waals surface area contributed by atoms with Gasteiger partial charge < -0.3 is 5.32 Å². The van der Waals surface area contributed by atoms with Crippen LogP contribution in [0.15, 0.2) is 78.8 Å². The molecule has 26 heavy (non-hydrogen) atoms. The Labute approximate surface area is 155 Å². The first-order valence-corrected chi connectivity index (χ1v) is 9.03. The van der Waals surface area contributed by atoms with Crippen LogP contribution in [0.1, 0.15) is 15.4 Å². The second-order valence-electron chi connectivity index (χ2n) is 5.70. The van der Waals surface area contributed by atoms with Crippen LogP contribution in [0.4, 0.5) is 0 Å². The first kappa shape index (κ1) is 16.2. The van der Waals surface area contributed by atoms with Crippen molar-refractivity contribution in [1.29, 1.82) is 0 Å². The molecule has 1 aromatic carbocycles. The number of pyridine rings is 1. The van der Waals surface area contributed by atoms with Crippen LogP contribution in [0, 0.1) is 0 Å². The minimum atomic E-state index is -0.150. The topological polar surface area (TPSA) is 59.8 Å². The monoisotopic (exact) mass is 360 g/mol. The standard InChI is InChI=1S/C20H16N4OS/c25-20(23-12-18-7-3-9-26-18)19-13-22-14-24(19)17-6-1-4-15(10-17)16-5-2-8-21-11-16/h1-11,13-14H,12H2,(H,23,25). The molecule has 5 nitrogen and oxygen atoms in total. The fraction of sp³-hybridized carbons (Fsp3) is 0.0500. The summed E-state index contributed by atoms with van der Waals surface area (Å²) < 4.78 is 1.80. The predicted octanol–water partition coefficient (Wildman–Crippen LogP) is 3.93. The van der Waals surface area contributed by atoms with Gasteiger partial charge in [-0.2, -0.15) is 0 Å². The molecular weight excluding hydrogens is 344 g/mol. The Morgan fingerprint density at radius 3 is 2.77 bits per heavy atom. The Balaban J connectivity index is 1.59. The number of aromatic nitrogens is 3. The Hall–Kier alpha value is -3.25. The molecule has 0 aliphatic rings. The van der Waals surface area contributed by atoms with Gasteiger partial charge in [-0.15, -0.1) is 11.3 Å². The van der Waals surface area contributed by atoms with E-state index < -0.39 is 0 Å². The normalized spacial score (nSPS) is 10.6. The average Bonchev–Trinajstić information content (AvgIpc) is 3.39. The highest BCUT2D eigenvalue weighted by Crippen LogP contribution is 2.22. The van der Waals surface area contributed by atoms with Crippen LogP contribution >= 0.6 is 11.3 Å². The molecule has 1 amide bonds. The van der Waals surface area contributed by atoms with Crippen molar-refractivity contribution in [2.45, 2.75) is 6.54 Å². The summed E-state index contributed by atoms with van der Waals surface area (Å²) in [6.07, 6.45) is 6.81. The molecule has 0 aliphatic heterocycles. The molecule has 0 bridgehead atoms. The molecule has 0 spiro atoms. The average molecular weight is 360 g/mol. The van der Waals surface area contributed by atoms with E-state index in [-0.39, 0.29) is 5.91 Å². The van der Waals surface area contributed by atoms with Crippen molar-refractivity contribution in [3.8, 4) is 16.8 Å². The number of thiophene rings is 1. The van der Waals surface area contributed by atoms with Crippen molar-refractivity contribution in [3.63, 3.8) is 0 Å². The minimum absolute atomic E-state index is 0.150. The van der Waals surface area contributed by atoms with Crippen LogP contribution in [0.2, 0.25) is 0 Å². The third kappa shape index (κ3) is 3.41. The van der Waals surface area contributed by atoms with Gasteiger partial charge in [0.1, 0.15) is 5.69 Å². The summed E-state index contributed by atoms with van der Waals surface area (Å²) in [5, 5.41) is 4.94. The molecule has 0 atom stereocenters. The lowest BCUT2D eigenvalue weighted by Crippen LogP contribution is -2.24. The summed E-state index contributed by atoms with van der Waals surface area (Å²) in [5.41, 5.74) is 3.45. The zero-order chi connectivity index (χ0) is 17.8. The number of benzene rings is 1. The summed E-state index contributed by atoms with van der Waals surface area (Å²) in [6.45, 7) is 0.511. The zero-order valence-corrected chi connectivity index (χ0v) is 14.7. The second-order valence-corrected chi connectivity index (χ2v) is 6.74. The van der Waals surface area contributed by atoms with Crippen LogP contribution in [-0.4, -0.2) is 20.4 Å². The third-order valence-electron chi connectivity index (χ3n) is 3.99. The number of imidazole rings is 1. The Morgan fingerprint density at radius 2 is 1.96 bits per heavy atom. The number of carbonyl (C=O) groups excluding carboxylic acids is 1. The van der Waals surface area contributed by atoms with Gasteiger partial charge in [-0.05, 0) is 35.2 Å². The van der Waals surface area contributed by atoms with Crippen molar-refractivity contribution in [3.05, 3.63) is 89.4 Å². The molecule has 0 fully saturated rings. The highest BCUT2D eigenvalue weighted by atomic mass is 32.1. The van der Waals surface area contributed by atoms with E-state index in [4.69, 9.17) is 0 Å². The molecule has 4 rings (SSSR count). The number of hydrogen-bond donors (Lipinski definition) is 1. The first-order chi connectivity index (χ1) is 12.8. The van der Waals surface area contributed by atoms with Gasteiger partial charge in [0.25, 0.3) is 5.91 Å². The highest BCUT2D eigenvalue weighted by Gasteiger charge is 2.13. The van der Waals surface area contributed by atoms with E-state index in [0.717, 1.165) is 21.7 Å². The quantitative estimate of drug-likeness (QED) is 0.587. The molecule has 0 saturated carbocycles. The summed E-state index contributed by atoms with van der Waals surface area (Å²) in [6, 6.07) is 15.8. The maximum absolute atomic E-state index is 12.6. The van der Waals surface area contributed by atoms with Crippen molar-refractivity contribution < 1.29 is 4.79 Å². The van der Waals surface area contributed by atoms with E-state index >= 15 is 0 Å². The summed E-state index contributed by atoms with van der Waals surface area (Å²) >= 11 is 1.62. The maximum Gasteiger partial charge on any atom is 0.270 e. The van der Waals surface area contributed by atoms with Gasteiger partial charge >= 0.3 is 0 Å². The van der Waals surface area contributed by atoms with Gasteiger partial charge in [0.15, 0.2) is 0 Å². The highest BCUT2D eigenvalue weighted by molar-refractivity contribution is 7.09. The number of hydrogen-bond acceptors (Lipinski definition) is 4. The molecule has 4 aromatic rings. The van der Waals surface area contributed by atoms with Gasteiger partial charge in [-0.25, -0.2) is 4.98 Å². The van der Waals surface area contributed by atoms with Crippen molar-refractivity contribution >= 4 is 17.2 Å². The number of amides is 1. The van der Waals surface area contributed by atoms with Gasteiger partial charge in [-0.3, -0.25) is 14.3 Å². The van der Waals surface area contributed by atoms with Crippen molar-refractivity contribution in [2.24, 2.45) is 0 Å². The Kier molecular flexibility index (Phi) is 4.57. The SMILES string of the molecule is O=C(NCc1cccs1)c1cncn1-c1cccc(-c2cccnc2)c1. The first-order valence-electron chi connectivity index (χ1n) is 8.15. The van der Waals surface area contributed by atoms with E-state index in [1.807, 2.05) is 60.1 Å². The number of nitrogens with zero attached hydrogens (tertiary/aromatic N) is 3. The van der Waals surface area contributed by atoms with Gasteiger partial charge in [0.05, 0.1) is 19.1 Å². The summed E-state index contributed by atoms with van der Waals surface area (Å²) in [4.78, 5) is 22.0. The molecule has 6 heteroatoms. The summed E-state index contributed by atoms with van der Waals surface area (Å²) in [5.74, 6) is -0.150. The van der Waals surface area contributed by atoms with Gasteiger partial charge in [0.2, 0.25) is 0 Å². The van der Waals surface area contributed by atoms with Crippen LogP contribution in [0.3, 0.4) is 0 Å². The lowest BCUT2D eigenvalue weighted by atomic mass is 10.1. The molecule has 128 valence electrons. The molecule has 1 N–H and O–H groups in total. The molecular formula is C20H16N4OS. The fourth-order valence-electron chi connectivity index (χ4n) is 2.71. The number of rotatable bonds is 5. The van der Waals surface area contributed by atoms with Gasteiger partial charge in [0, 0.05) is 28.5 Å². The lowest BCUT2D eigenvalue weighted by molar-refractivity contribution is 0.0944. The van der Waals surface area contributed by atoms with Crippen molar-refractivity contribution in [2.75, 3.05) is 0 Å². The minimum Gasteiger partial charge on any atom is -0.346 e. The van der Waals surface area contributed by atoms with Crippen molar-refractivity contribution in [1.82, 2.24) is 19.9 Å².